The average molecular weight is 358 g/mol. The number of carbonyl (C=O) groups is 1. The summed E-state index contributed by atoms with van der Waals surface area (Å²) in [6.07, 6.45) is 1.65. The molecule has 0 bridgehead atoms. The first-order chi connectivity index (χ1) is 11.6. The highest BCUT2D eigenvalue weighted by Gasteiger charge is 2.28. The number of hydrogen-bond acceptors (Lipinski definition) is 4. The summed E-state index contributed by atoms with van der Waals surface area (Å²) in [4.78, 5) is 13.8. The molecular formula is C18H16ClN3OS. The summed E-state index contributed by atoms with van der Waals surface area (Å²) in [5, 5.41) is 9.64. The summed E-state index contributed by atoms with van der Waals surface area (Å²) >= 11 is 7.27. The molecule has 0 aliphatic carbocycles. The Labute approximate surface area is 150 Å². The fraction of sp³-hybridized carbons (Fsp3) is 0.167. The molecule has 0 saturated carbocycles. The normalized spacial score (nSPS) is 16.5. The van der Waals surface area contributed by atoms with Gasteiger partial charge >= 0.3 is 0 Å². The molecule has 1 saturated heterocycles. The van der Waals surface area contributed by atoms with Gasteiger partial charge in [-0.3, -0.25) is 9.69 Å². The molecule has 0 spiro atoms. The molecule has 1 amide bonds. The zero-order chi connectivity index (χ0) is 16.9. The van der Waals surface area contributed by atoms with E-state index in [-0.39, 0.29) is 5.91 Å². The average Bonchev–Trinajstić information content (AvgIpc) is 2.92. The summed E-state index contributed by atoms with van der Waals surface area (Å²) in [5.74, 6) is 0.463. The number of amides is 1. The third kappa shape index (κ3) is 4.04. The van der Waals surface area contributed by atoms with Crippen molar-refractivity contribution in [1.29, 1.82) is 0 Å². The molecule has 24 heavy (non-hydrogen) atoms. The van der Waals surface area contributed by atoms with Crippen LogP contribution in [0.1, 0.15) is 16.7 Å². The molecule has 0 atom stereocenters. The molecule has 4 nitrogen and oxygen atoms in total. The minimum atomic E-state index is 0.0590. The van der Waals surface area contributed by atoms with Gasteiger partial charge in [0.05, 0.1) is 18.5 Å². The minimum Gasteiger partial charge on any atom is -0.285 e. The molecule has 2 aromatic carbocycles. The van der Waals surface area contributed by atoms with Gasteiger partial charge in [0.15, 0.2) is 5.17 Å². The van der Waals surface area contributed by atoms with E-state index < -0.39 is 0 Å². The van der Waals surface area contributed by atoms with E-state index in [0.29, 0.717) is 22.5 Å². The highest BCUT2D eigenvalue weighted by atomic mass is 35.5. The number of halogens is 1. The van der Waals surface area contributed by atoms with Crippen molar-refractivity contribution in [1.82, 2.24) is 4.90 Å². The number of carbonyl (C=O) groups excluding carboxylic acids is 1. The third-order valence-electron chi connectivity index (χ3n) is 3.67. The quantitative estimate of drug-likeness (QED) is 0.610. The number of nitrogens with zero attached hydrogens (tertiary/aromatic N) is 3. The Bertz CT molecular complexity index is 802. The lowest BCUT2D eigenvalue weighted by molar-refractivity contribution is -0.124. The summed E-state index contributed by atoms with van der Waals surface area (Å²) in [5.41, 5.74) is 3.18. The molecule has 1 aliphatic rings. The predicted octanol–water partition coefficient (Wildman–Crippen LogP) is 4.11. The molecule has 1 aliphatic heterocycles. The van der Waals surface area contributed by atoms with Crippen molar-refractivity contribution >= 4 is 40.7 Å². The topological polar surface area (TPSA) is 45.0 Å². The highest BCUT2D eigenvalue weighted by Crippen LogP contribution is 2.23. The van der Waals surface area contributed by atoms with Crippen LogP contribution >= 0.6 is 23.4 Å². The van der Waals surface area contributed by atoms with Gasteiger partial charge in [-0.1, -0.05) is 59.8 Å². The molecule has 3 rings (SSSR count). The van der Waals surface area contributed by atoms with Gasteiger partial charge < -0.3 is 0 Å². The maximum atomic E-state index is 12.1. The van der Waals surface area contributed by atoms with Crippen molar-refractivity contribution < 1.29 is 4.79 Å². The van der Waals surface area contributed by atoms with Gasteiger partial charge in [-0.05, 0) is 35.7 Å². The lowest BCUT2D eigenvalue weighted by Gasteiger charge is -2.16. The standard InChI is InChI=1S/C18H16ClN3OS/c1-13-4-2-3-5-15(13)11-22-17(23)12-24-18(22)21-20-10-14-6-8-16(19)9-7-14/h2-10H,11-12H2,1H3/b20-10-,21-18-. The van der Waals surface area contributed by atoms with E-state index in [1.165, 1.54) is 11.8 Å². The van der Waals surface area contributed by atoms with Crippen LogP contribution in [0.5, 0.6) is 0 Å². The van der Waals surface area contributed by atoms with E-state index >= 15 is 0 Å². The lowest BCUT2D eigenvalue weighted by Crippen LogP contribution is -2.29. The molecule has 1 heterocycles. The second kappa shape index (κ2) is 7.64. The van der Waals surface area contributed by atoms with Crippen LogP contribution in [0.25, 0.3) is 0 Å². The Morgan fingerprint density at radius 1 is 1.21 bits per heavy atom. The molecule has 0 unspecified atom stereocenters. The van der Waals surface area contributed by atoms with Gasteiger partial charge in [0, 0.05) is 5.02 Å². The number of thioether (sulfide) groups is 1. The van der Waals surface area contributed by atoms with Gasteiger partial charge in [-0.25, -0.2) is 0 Å². The maximum absolute atomic E-state index is 12.1. The molecule has 2 aromatic rings. The molecule has 0 aromatic heterocycles. The van der Waals surface area contributed by atoms with E-state index in [4.69, 9.17) is 11.6 Å². The molecule has 0 radical (unpaired) electrons. The zero-order valence-corrected chi connectivity index (χ0v) is 14.7. The monoisotopic (exact) mass is 357 g/mol. The zero-order valence-electron chi connectivity index (χ0n) is 13.1. The van der Waals surface area contributed by atoms with Crippen LogP contribution in [-0.4, -0.2) is 27.9 Å². The van der Waals surface area contributed by atoms with E-state index in [9.17, 15) is 4.79 Å². The van der Waals surface area contributed by atoms with Crippen molar-refractivity contribution in [2.45, 2.75) is 13.5 Å². The molecular weight excluding hydrogens is 342 g/mol. The lowest BCUT2D eigenvalue weighted by atomic mass is 10.1. The number of aryl methyl sites for hydroxylation is 1. The van der Waals surface area contributed by atoms with Crippen LogP contribution in [0.3, 0.4) is 0 Å². The van der Waals surface area contributed by atoms with Crippen molar-refractivity contribution in [3.05, 3.63) is 70.2 Å². The van der Waals surface area contributed by atoms with Gasteiger partial charge in [-0.15, -0.1) is 5.10 Å². The first kappa shape index (κ1) is 16.7. The number of benzene rings is 2. The Balaban J connectivity index is 1.75. The minimum absolute atomic E-state index is 0.0590. The SMILES string of the molecule is Cc1ccccc1CN1C(=O)CS/C1=N\N=C/c1ccc(Cl)cc1. The van der Waals surface area contributed by atoms with Crippen LogP contribution < -0.4 is 0 Å². The smallest absolute Gasteiger partial charge is 0.239 e. The summed E-state index contributed by atoms with van der Waals surface area (Å²) in [6.45, 7) is 2.56. The van der Waals surface area contributed by atoms with Gasteiger partial charge in [0.2, 0.25) is 5.91 Å². The molecule has 1 fully saturated rings. The van der Waals surface area contributed by atoms with Crippen LogP contribution in [0, 0.1) is 6.92 Å². The second-order valence-corrected chi connectivity index (χ2v) is 6.75. The van der Waals surface area contributed by atoms with Crippen LogP contribution in [0.2, 0.25) is 5.02 Å². The Morgan fingerprint density at radius 2 is 1.96 bits per heavy atom. The highest BCUT2D eigenvalue weighted by molar-refractivity contribution is 8.15. The van der Waals surface area contributed by atoms with Crippen molar-refractivity contribution in [3.8, 4) is 0 Å². The number of amidine groups is 1. The molecule has 6 heteroatoms. The largest absolute Gasteiger partial charge is 0.285 e. The molecule has 122 valence electrons. The first-order valence-corrected chi connectivity index (χ1v) is 8.84. The Kier molecular flexibility index (Phi) is 5.33. The van der Waals surface area contributed by atoms with Gasteiger partial charge in [0.1, 0.15) is 0 Å². The Morgan fingerprint density at radius 3 is 2.71 bits per heavy atom. The van der Waals surface area contributed by atoms with Crippen molar-refractivity contribution in [2.24, 2.45) is 10.2 Å². The fourth-order valence-electron chi connectivity index (χ4n) is 2.28. The van der Waals surface area contributed by atoms with Gasteiger partial charge in [-0.2, -0.15) is 5.10 Å². The fourth-order valence-corrected chi connectivity index (χ4v) is 3.24. The van der Waals surface area contributed by atoms with Crippen molar-refractivity contribution in [3.63, 3.8) is 0 Å². The third-order valence-corrected chi connectivity index (χ3v) is 4.87. The van der Waals surface area contributed by atoms with Gasteiger partial charge in [0.25, 0.3) is 0 Å². The predicted molar refractivity (Wildman–Crippen MR) is 101 cm³/mol. The van der Waals surface area contributed by atoms with E-state index in [2.05, 4.69) is 10.2 Å². The number of rotatable bonds is 4. The molecule has 0 N–H and O–H groups in total. The van der Waals surface area contributed by atoms with Crippen LogP contribution in [-0.2, 0) is 11.3 Å². The van der Waals surface area contributed by atoms with Crippen LogP contribution in [0.15, 0.2) is 58.7 Å². The van der Waals surface area contributed by atoms with Crippen LogP contribution in [0.4, 0.5) is 0 Å². The first-order valence-electron chi connectivity index (χ1n) is 7.48. The summed E-state index contributed by atoms with van der Waals surface area (Å²) < 4.78 is 0. The van der Waals surface area contributed by atoms with Crippen molar-refractivity contribution in [2.75, 3.05) is 5.75 Å². The Hall–Kier alpha value is -2.11. The van der Waals surface area contributed by atoms with E-state index in [1.54, 1.807) is 23.2 Å². The second-order valence-electron chi connectivity index (χ2n) is 5.37. The number of hydrogen-bond donors (Lipinski definition) is 0. The van der Waals surface area contributed by atoms with E-state index in [0.717, 1.165) is 16.7 Å². The summed E-state index contributed by atoms with van der Waals surface area (Å²) in [6, 6.07) is 15.4. The maximum Gasteiger partial charge on any atom is 0.239 e. The van der Waals surface area contributed by atoms with E-state index in [1.807, 2.05) is 43.3 Å². The summed E-state index contributed by atoms with van der Waals surface area (Å²) in [7, 11) is 0.